The molecule has 116 valence electrons. The molecule has 1 unspecified atom stereocenters. The molecule has 0 saturated heterocycles. The highest BCUT2D eigenvalue weighted by molar-refractivity contribution is 5.77. The van der Waals surface area contributed by atoms with Gasteiger partial charge in [-0.3, -0.25) is 0 Å². The summed E-state index contributed by atoms with van der Waals surface area (Å²) in [6.45, 7) is 9.20. The van der Waals surface area contributed by atoms with Crippen molar-refractivity contribution in [3.05, 3.63) is 87.1 Å². The topological polar surface area (TPSA) is 0 Å². The van der Waals surface area contributed by atoms with E-state index in [9.17, 15) is 0 Å². The highest BCUT2D eigenvalue weighted by Crippen LogP contribution is 2.49. The van der Waals surface area contributed by atoms with Crippen molar-refractivity contribution in [1.82, 2.24) is 0 Å². The van der Waals surface area contributed by atoms with Crippen LogP contribution >= 0.6 is 0 Å². The molecule has 1 aromatic rings. The predicted molar refractivity (Wildman–Crippen MR) is 99.3 cm³/mol. The molecule has 0 amide bonds. The molecule has 0 aromatic heterocycles. The number of rotatable bonds is 2. The van der Waals surface area contributed by atoms with Gasteiger partial charge in [0.1, 0.15) is 0 Å². The SMILES string of the molecule is CC1=C2CC=CC=C2C(CC2C(C)=C(C)c3ccccc32)=C1C. The summed E-state index contributed by atoms with van der Waals surface area (Å²) in [4.78, 5) is 0. The Morgan fingerprint density at radius 2 is 1.74 bits per heavy atom. The zero-order chi connectivity index (χ0) is 16.1. The first-order valence-electron chi connectivity index (χ1n) is 8.63. The van der Waals surface area contributed by atoms with Crippen LogP contribution in [0, 0.1) is 0 Å². The van der Waals surface area contributed by atoms with Crippen molar-refractivity contribution in [1.29, 1.82) is 0 Å². The Balaban J connectivity index is 1.75. The third-order valence-corrected chi connectivity index (χ3v) is 6.10. The standard InChI is InChI=1S/C23H24/c1-14-16(3)22(20-11-7-5-9-18(14)20)13-23-17(4)15(2)19-10-6-8-12-21(19)23/h5-9,11-12,22H,10,13H2,1-4H3. The van der Waals surface area contributed by atoms with Crippen LogP contribution in [0.4, 0.5) is 0 Å². The highest BCUT2D eigenvalue weighted by Gasteiger charge is 2.31. The molecule has 1 aromatic carbocycles. The van der Waals surface area contributed by atoms with Crippen LogP contribution in [-0.4, -0.2) is 0 Å². The van der Waals surface area contributed by atoms with Crippen molar-refractivity contribution in [2.45, 2.75) is 46.5 Å². The Bertz CT molecular complexity index is 850. The van der Waals surface area contributed by atoms with Crippen LogP contribution in [0.2, 0.25) is 0 Å². The average Bonchev–Trinajstić information content (AvgIpc) is 2.97. The normalized spacial score (nSPS) is 22.8. The fourth-order valence-electron chi connectivity index (χ4n) is 4.43. The lowest BCUT2D eigenvalue weighted by Gasteiger charge is -2.19. The maximum absolute atomic E-state index is 2.32. The molecule has 0 spiro atoms. The minimum atomic E-state index is 0.537. The van der Waals surface area contributed by atoms with E-state index in [1.807, 2.05) is 0 Å². The number of hydrogen-bond acceptors (Lipinski definition) is 0. The molecule has 0 bridgehead atoms. The largest absolute Gasteiger partial charge is 0.0801 e. The third kappa shape index (κ3) is 2.05. The van der Waals surface area contributed by atoms with E-state index in [0.717, 1.165) is 12.8 Å². The van der Waals surface area contributed by atoms with Gasteiger partial charge in [0.05, 0.1) is 0 Å². The molecule has 0 heterocycles. The molecule has 23 heavy (non-hydrogen) atoms. The summed E-state index contributed by atoms with van der Waals surface area (Å²) in [5, 5.41) is 0. The summed E-state index contributed by atoms with van der Waals surface area (Å²) in [5.74, 6) is 0.537. The predicted octanol–water partition coefficient (Wildman–Crippen LogP) is 6.50. The maximum atomic E-state index is 2.32. The molecule has 0 radical (unpaired) electrons. The first kappa shape index (κ1) is 14.5. The number of hydrogen-bond donors (Lipinski definition) is 0. The minimum absolute atomic E-state index is 0.537. The molecule has 0 aliphatic heterocycles. The number of benzene rings is 1. The summed E-state index contributed by atoms with van der Waals surface area (Å²) < 4.78 is 0. The molecule has 4 rings (SSSR count). The molecule has 0 heteroatoms. The molecule has 0 saturated carbocycles. The Kier molecular flexibility index (Phi) is 3.30. The van der Waals surface area contributed by atoms with Crippen molar-refractivity contribution in [2.75, 3.05) is 0 Å². The van der Waals surface area contributed by atoms with Crippen LogP contribution in [0.25, 0.3) is 5.57 Å². The van der Waals surface area contributed by atoms with Gasteiger partial charge in [-0.25, -0.2) is 0 Å². The first-order valence-corrected chi connectivity index (χ1v) is 8.63. The molecule has 0 N–H and O–H groups in total. The summed E-state index contributed by atoms with van der Waals surface area (Å²) in [7, 11) is 0. The van der Waals surface area contributed by atoms with E-state index in [-0.39, 0.29) is 0 Å². The molecule has 3 aliphatic rings. The second kappa shape index (κ2) is 5.23. The van der Waals surface area contributed by atoms with Gasteiger partial charge >= 0.3 is 0 Å². The molecular formula is C23H24. The lowest BCUT2D eigenvalue weighted by atomic mass is 9.85. The fraction of sp³-hybridized carbons (Fsp3) is 0.304. The lowest BCUT2D eigenvalue weighted by Crippen LogP contribution is -2.02. The Hall–Kier alpha value is -2.08. The van der Waals surface area contributed by atoms with E-state index in [2.05, 4.69) is 70.2 Å². The third-order valence-electron chi connectivity index (χ3n) is 6.10. The van der Waals surface area contributed by atoms with Gasteiger partial charge in [-0.1, -0.05) is 48.1 Å². The van der Waals surface area contributed by atoms with Crippen molar-refractivity contribution in [2.24, 2.45) is 0 Å². The van der Waals surface area contributed by atoms with Crippen molar-refractivity contribution in [3.63, 3.8) is 0 Å². The van der Waals surface area contributed by atoms with Crippen LogP contribution < -0.4 is 0 Å². The zero-order valence-electron chi connectivity index (χ0n) is 14.5. The second-order valence-electron chi connectivity index (χ2n) is 7.07. The maximum Gasteiger partial charge on any atom is 0.00980 e. The van der Waals surface area contributed by atoms with E-state index < -0.39 is 0 Å². The van der Waals surface area contributed by atoms with Gasteiger partial charge in [0.2, 0.25) is 0 Å². The summed E-state index contributed by atoms with van der Waals surface area (Å²) in [6, 6.07) is 8.95. The Morgan fingerprint density at radius 3 is 2.57 bits per heavy atom. The quantitative estimate of drug-likeness (QED) is 0.584. The van der Waals surface area contributed by atoms with Gasteiger partial charge in [-0.15, -0.1) is 0 Å². The van der Waals surface area contributed by atoms with Gasteiger partial charge in [0, 0.05) is 5.92 Å². The molecule has 1 atom stereocenters. The monoisotopic (exact) mass is 300 g/mol. The zero-order valence-corrected chi connectivity index (χ0v) is 14.5. The van der Waals surface area contributed by atoms with Gasteiger partial charge in [0.15, 0.2) is 0 Å². The van der Waals surface area contributed by atoms with Crippen LogP contribution in [-0.2, 0) is 0 Å². The van der Waals surface area contributed by atoms with E-state index in [1.165, 1.54) is 33.4 Å². The fourth-order valence-corrected chi connectivity index (χ4v) is 4.43. The molecule has 0 fully saturated rings. The second-order valence-corrected chi connectivity index (χ2v) is 7.07. The van der Waals surface area contributed by atoms with E-state index >= 15 is 0 Å². The summed E-state index contributed by atoms with van der Waals surface area (Å²) >= 11 is 0. The first-order chi connectivity index (χ1) is 11.1. The van der Waals surface area contributed by atoms with Crippen LogP contribution in [0.5, 0.6) is 0 Å². The average molecular weight is 300 g/mol. The van der Waals surface area contributed by atoms with Gasteiger partial charge < -0.3 is 0 Å². The Morgan fingerprint density at radius 1 is 0.957 bits per heavy atom. The van der Waals surface area contributed by atoms with E-state index in [0.29, 0.717) is 5.92 Å². The molecular weight excluding hydrogens is 276 g/mol. The number of fused-ring (bicyclic) bond motifs is 2. The van der Waals surface area contributed by atoms with Crippen molar-refractivity contribution in [3.8, 4) is 0 Å². The Labute approximate surface area is 139 Å². The van der Waals surface area contributed by atoms with Gasteiger partial charge in [-0.2, -0.15) is 0 Å². The van der Waals surface area contributed by atoms with E-state index in [4.69, 9.17) is 0 Å². The molecule has 3 aliphatic carbocycles. The number of allylic oxidation sites excluding steroid dienone is 10. The molecule has 0 nitrogen and oxygen atoms in total. The van der Waals surface area contributed by atoms with Crippen molar-refractivity contribution >= 4 is 5.57 Å². The van der Waals surface area contributed by atoms with Crippen molar-refractivity contribution < 1.29 is 0 Å². The van der Waals surface area contributed by atoms with Gasteiger partial charge in [0.25, 0.3) is 0 Å². The van der Waals surface area contributed by atoms with E-state index in [1.54, 1.807) is 16.7 Å². The minimum Gasteiger partial charge on any atom is -0.0801 e. The van der Waals surface area contributed by atoms with Gasteiger partial charge in [-0.05, 0) is 85.1 Å². The summed E-state index contributed by atoms with van der Waals surface area (Å²) in [6.07, 6.45) is 9.04. The van der Waals surface area contributed by atoms with Crippen LogP contribution in [0.3, 0.4) is 0 Å². The van der Waals surface area contributed by atoms with Crippen LogP contribution in [0.15, 0.2) is 75.9 Å². The smallest absolute Gasteiger partial charge is 0.00980 e. The lowest BCUT2D eigenvalue weighted by molar-refractivity contribution is 0.797. The van der Waals surface area contributed by atoms with Crippen LogP contribution in [0.1, 0.15) is 57.6 Å². The summed E-state index contributed by atoms with van der Waals surface area (Å²) in [5.41, 5.74) is 13.6. The highest BCUT2D eigenvalue weighted by atomic mass is 14.4.